The molecule has 0 aliphatic carbocycles. The molecule has 0 radical (unpaired) electrons. The lowest BCUT2D eigenvalue weighted by molar-refractivity contribution is 0.0520. The molecule has 98 valence electrons. The number of nitrogens with zero attached hydrogens (tertiary/aromatic N) is 1. The molecule has 0 saturated carbocycles. The Hall–Kier alpha value is -0.120. The van der Waals surface area contributed by atoms with Gasteiger partial charge in [0.15, 0.2) is 0 Å². The predicted octanol–water partition coefficient (Wildman–Crippen LogP) is 1.98. The van der Waals surface area contributed by atoms with Crippen molar-refractivity contribution in [1.82, 2.24) is 10.2 Å². The Morgan fingerprint density at radius 2 is 1.81 bits per heavy atom. The van der Waals surface area contributed by atoms with Gasteiger partial charge in [-0.3, -0.25) is 0 Å². The van der Waals surface area contributed by atoms with Gasteiger partial charge in [-0.15, -0.1) is 0 Å². The van der Waals surface area contributed by atoms with Gasteiger partial charge in [-0.2, -0.15) is 0 Å². The highest BCUT2D eigenvalue weighted by atomic mass is 16.5. The summed E-state index contributed by atoms with van der Waals surface area (Å²) >= 11 is 0. The topological polar surface area (TPSA) is 24.5 Å². The van der Waals surface area contributed by atoms with Crippen LogP contribution in [0, 0.1) is 5.92 Å². The van der Waals surface area contributed by atoms with Gasteiger partial charge in [0.25, 0.3) is 0 Å². The summed E-state index contributed by atoms with van der Waals surface area (Å²) in [5.41, 5.74) is 0. The molecule has 0 fully saturated rings. The summed E-state index contributed by atoms with van der Waals surface area (Å²) in [7, 11) is 2.18. The van der Waals surface area contributed by atoms with Crippen LogP contribution in [0.2, 0.25) is 0 Å². The summed E-state index contributed by atoms with van der Waals surface area (Å²) in [4.78, 5) is 2.38. The number of rotatable bonds is 9. The van der Waals surface area contributed by atoms with Gasteiger partial charge in [0.2, 0.25) is 0 Å². The molecule has 2 atom stereocenters. The molecule has 3 heteroatoms. The molecule has 3 nitrogen and oxygen atoms in total. The van der Waals surface area contributed by atoms with E-state index in [2.05, 4.69) is 51.9 Å². The highest BCUT2D eigenvalue weighted by Crippen LogP contribution is 2.08. The predicted molar refractivity (Wildman–Crippen MR) is 70.9 cm³/mol. The van der Waals surface area contributed by atoms with Crippen molar-refractivity contribution >= 4 is 0 Å². The molecule has 0 amide bonds. The van der Waals surface area contributed by atoms with Crippen LogP contribution in [0.1, 0.15) is 34.6 Å². The molecule has 0 aromatic carbocycles. The maximum Gasteiger partial charge on any atom is 0.0596 e. The minimum atomic E-state index is 0.336. The molecule has 1 N–H and O–H groups in total. The van der Waals surface area contributed by atoms with Crippen LogP contribution in [0.4, 0.5) is 0 Å². The molecule has 0 aromatic rings. The van der Waals surface area contributed by atoms with Crippen LogP contribution in [0.3, 0.4) is 0 Å². The molecule has 0 spiro atoms. The average Bonchev–Trinajstić information content (AvgIpc) is 2.24. The molecule has 0 bridgehead atoms. The standard InChI is InChI=1S/C13H30N2O/c1-7-14-10-12(4)13(5)15(6)8-9-16-11(2)3/h11-14H,7-10H2,1-6H3. The zero-order chi connectivity index (χ0) is 12.6. The quantitative estimate of drug-likeness (QED) is 0.655. The second-order valence-corrected chi connectivity index (χ2v) is 4.93. The zero-order valence-electron chi connectivity index (χ0n) is 11.9. The first-order valence-electron chi connectivity index (χ1n) is 6.51. The molecule has 0 heterocycles. The molecule has 16 heavy (non-hydrogen) atoms. The summed E-state index contributed by atoms with van der Waals surface area (Å²) in [6.45, 7) is 14.9. The number of hydrogen-bond acceptors (Lipinski definition) is 3. The summed E-state index contributed by atoms with van der Waals surface area (Å²) in [6.07, 6.45) is 0.336. The summed E-state index contributed by atoms with van der Waals surface area (Å²) in [5, 5.41) is 3.40. The zero-order valence-corrected chi connectivity index (χ0v) is 11.9. The van der Waals surface area contributed by atoms with Gasteiger partial charge >= 0.3 is 0 Å². The molecule has 0 aliphatic rings. The van der Waals surface area contributed by atoms with Crippen LogP contribution in [-0.4, -0.2) is 50.3 Å². The van der Waals surface area contributed by atoms with Crippen molar-refractivity contribution in [2.45, 2.75) is 46.8 Å². The lowest BCUT2D eigenvalue weighted by Gasteiger charge is -2.30. The first-order chi connectivity index (χ1) is 7.49. The van der Waals surface area contributed by atoms with Gasteiger partial charge in [-0.1, -0.05) is 13.8 Å². The fourth-order valence-corrected chi connectivity index (χ4v) is 1.61. The second kappa shape index (κ2) is 8.97. The fourth-order valence-electron chi connectivity index (χ4n) is 1.61. The summed E-state index contributed by atoms with van der Waals surface area (Å²) in [5.74, 6) is 0.670. The Bertz CT molecular complexity index is 162. The Morgan fingerprint density at radius 1 is 1.19 bits per heavy atom. The second-order valence-electron chi connectivity index (χ2n) is 4.93. The van der Waals surface area contributed by atoms with Crippen LogP contribution in [-0.2, 0) is 4.74 Å². The van der Waals surface area contributed by atoms with Gasteiger partial charge in [0, 0.05) is 12.6 Å². The van der Waals surface area contributed by atoms with E-state index in [0.29, 0.717) is 18.1 Å². The Labute approximate surface area is 102 Å². The minimum Gasteiger partial charge on any atom is -0.377 e. The number of ether oxygens (including phenoxy) is 1. The third kappa shape index (κ3) is 7.20. The summed E-state index contributed by atoms with van der Waals surface area (Å²) in [6, 6.07) is 0.592. The molecular formula is C13H30N2O. The van der Waals surface area contributed by atoms with E-state index in [1.54, 1.807) is 0 Å². The maximum absolute atomic E-state index is 5.57. The van der Waals surface area contributed by atoms with E-state index in [-0.39, 0.29) is 0 Å². The van der Waals surface area contributed by atoms with Crippen molar-refractivity contribution in [3.05, 3.63) is 0 Å². The van der Waals surface area contributed by atoms with Gasteiger partial charge in [-0.05, 0) is 46.8 Å². The largest absolute Gasteiger partial charge is 0.377 e. The molecule has 0 saturated heterocycles. The Morgan fingerprint density at radius 3 is 2.31 bits per heavy atom. The highest BCUT2D eigenvalue weighted by molar-refractivity contribution is 4.71. The normalized spacial score (nSPS) is 15.8. The van der Waals surface area contributed by atoms with Gasteiger partial charge in [0.05, 0.1) is 12.7 Å². The van der Waals surface area contributed by atoms with Crippen molar-refractivity contribution in [2.24, 2.45) is 5.92 Å². The first kappa shape index (κ1) is 15.9. The minimum absolute atomic E-state index is 0.336. The van der Waals surface area contributed by atoms with Crippen molar-refractivity contribution in [1.29, 1.82) is 0 Å². The summed E-state index contributed by atoms with van der Waals surface area (Å²) < 4.78 is 5.57. The Kier molecular flexibility index (Phi) is 8.90. The van der Waals surface area contributed by atoms with E-state index in [1.165, 1.54) is 0 Å². The van der Waals surface area contributed by atoms with Crippen LogP contribution in [0.15, 0.2) is 0 Å². The average molecular weight is 230 g/mol. The van der Waals surface area contributed by atoms with E-state index < -0.39 is 0 Å². The molecule has 0 aliphatic heterocycles. The van der Waals surface area contributed by atoms with Crippen molar-refractivity contribution in [2.75, 3.05) is 33.3 Å². The molecule has 0 rings (SSSR count). The van der Waals surface area contributed by atoms with E-state index in [0.717, 1.165) is 26.2 Å². The molecular weight excluding hydrogens is 200 g/mol. The van der Waals surface area contributed by atoms with E-state index in [4.69, 9.17) is 4.74 Å². The number of nitrogens with one attached hydrogen (secondary N) is 1. The number of likely N-dealkylation sites (N-methyl/N-ethyl adjacent to an activating group) is 1. The molecule has 0 aromatic heterocycles. The molecule has 2 unspecified atom stereocenters. The number of hydrogen-bond donors (Lipinski definition) is 1. The Balaban J connectivity index is 3.74. The lowest BCUT2D eigenvalue weighted by Crippen LogP contribution is -2.40. The van der Waals surface area contributed by atoms with Crippen LogP contribution < -0.4 is 5.32 Å². The van der Waals surface area contributed by atoms with Crippen LogP contribution in [0.25, 0.3) is 0 Å². The maximum atomic E-state index is 5.57. The van der Waals surface area contributed by atoms with Gasteiger partial charge in [-0.25, -0.2) is 0 Å². The fraction of sp³-hybridized carbons (Fsp3) is 1.00. The monoisotopic (exact) mass is 230 g/mol. The third-order valence-corrected chi connectivity index (χ3v) is 3.13. The lowest BCUT2D eigenvalue weighted by atomic mass is 10.0. The smallest absolute Gasteiger partial charge is 0.0596 e. The van der Waals surface area contributed by atoms with Gasteiger partial charge < -0.3 is 15.0 Å². The first-order valence-corrected chi connectivity index (χ1v) is 6.51. The van der Waals surface area contributed by atoms with E-state index in [1.807, 2.05) is 0 Å². The third-order valence-electron chi connectivity index (χ3n) is 3.13. The van der Waals surface area contributed by atoms with E-state index >= 15 is 0 Å². The van der Waals surface area contributed by atoms with Crippen LogP contribution >= 0.6 is 0 Å². The SMILES string of the molecule is CCNCC(C)C(C)N(C)CCOC(C)C. The van der Waals surface area contributed by atoms with Crippen molar-refractivity contribution in [3.8, 4) is 0 Å². The van der Waals surface area contributed by atoms with E-state index in [9.17, 15) is 0 Å². The van der Waals surface area contributed by atoms with Gasteiger partial charge in [0.1, 0.15) is 0 Å². The van der Waals surface area contributed by atoms with Crippen molar-refractivity contribution in [3.63, 3.8) is 0 Å². The van der Waals surface area contributed by atoms with Crippen molar-refractivity contribution < 1.29 is 4.74 Å². The van der Waals surface area contributed by atoms with Crippen LogP contribution in [0.5, 0.6) is 0 Å². The highest BCUT2D eigenvalue weighted by Gasteiger charge is 2.16.